The maximum absolute atomic E-state index is 5.36. The molecular weight excluding hydrogens is 701 g/mol. The van der Waals surface area contributed by atoms with Crippen LogP contribution in [0.1, 0.15) is 0 Å². The van der Waals surface area contributed by atoms with Crippen molar-refractivity contribution in [3.05, 3.63) is 182 Å². The average Bonchev–Trinajstić information content (AvgIpc) is 3.79. The maximum Gasteiger partial charge on any atom is 0.164 e. The average molecular weight is 731 g/mol. The summed E-state index contributed by atoms with van der Waals surface area (Å²) in [6, 6.07) is 65.1. The number of hydrogen-bond acceptors (Lipinski definition) is 4. The van der Waals surface area contributed by atoms with E-state index in [2.05, 4.69) is 187 Å². The molecule has 0 spiro atoms. The molecule has 260 valence electrons. The molecule has 0 bridgehead atoms. The summed E-state index contributed by atoms with van der Waals surface area (Å²) < 4.78 is 4.88. The number of hydrogen-bond donors (Lipinski definition) is 0. The molecule has 0 saturated heterocycles. The van der Waals surface area contributed by atoms with Gasteiger partial charge in [0, 0.05) is 53.3 Å². The van der Waals surface area contributed by atoms with E-state index >= 15 is 0 Å². The van der Waals surface area contributed by atoms with Crippen molar-refractivity contribution < 1.29 is 0 Å². The van der Waals surface area contributed by atoms with Crippen LogP contribution in [0, 0.1) is 0 Å². The Morgan fingerprint density at radius 1 is 0.339 bits per heavy atom. The Morgan fingerprint density at radius 2 is 0.946 bits per heavy atom. The molecule has 0 atom stereocenters. The second-order valence-corrected chi connectivity index (χ2v) is 15.5. The number of rotatable bonds is 4. The molecule has 12 rings (SSSR count). The van der Waals surface area contributed by atoms with E-state index in [9.17, 15) is 0 Å². The van der Waals surface area contributed by atoms with Crippen molar-refractivity contribution in [3.8, 4) is 39.9 Å². The van der Waals surface area contributed by atoms with E-state index in [1.807, 2.05) is 0 Å². The van der Waals surface area contributed by atoms with E-state index in [-0.39, 0.29) is 0 Å². The largest absolute Gasteiger partial charge is 0.309 e. The van der Waals surface area contributed by atoms with Crippen molar-refractivity contribution in [3.63, 3.8) is 0 Å². The highest BCUT2D eigenvalue weighted by molar-refractivity contribution is 7.25. The summed E-state index contributed by atoms with van der Waals surface area (Å²) in [5.41, 5.74) is 6.27. The van der Waals surface area contributed by atoms with Crippen molar-refractivity contribution in [2.45, 2.75) is 0 Å². The molecule has 0 aliphatic rings. The molecule has 0 aliphatic heterocycles. The van der Waals surface area contributed by atoms with E-state index < -0.39 is 0 Å². The first kappa shape index (κ1) is 31.2. The third-order valence-electron chi connectivity index (χ3n) is 11.2. The molecule has 56 heavy (non-hydrogen) atoms. The SMILES string of the molecule is c1ccc2cc3c(cc2c1)c1ccccc1n3-c1cc(-c2nc(-c3ccc4c(c3)sc3ccccc34)nc(-c3cccc4ccccc34)n2)c2ccccc2c1. The van der Waals surface area contributed by atoms with Crippen LogP contribution in [0.25, 0.3) is 114 Å². The van der Waals surface area contributed by atoms with Gasteiger partial charge in [0.05, 0.1) is 11.0 Å². The third kappa shape index (κ3) is 4.81. The van der Waals surface area contributed by atoms with Gasteiger partial charge in [0.15, 0.2) is 17.5 Å². The fraction of sp³-hybridized carbons (Fsp3) is 0. The zero-order valence-corrected chi connectivity index (χ0v) is 30.8. The molecule has 0 saturated carbocycles. The van der Waals surface area contributed by atoms with Gasteiger partial charge in [0.1, 0.15) is 0 Å². The standard InChI is InChI=1S/C51H30N4S/c1-2-14-33-28-46-43(27-32(33)13-1)39-19-7-9-22-45(39)55(46)36-26-34-15-4-6-18-38(34)44(30-36)51-53-49(35-24-25-41-40-20-8-10-23-47(40)56-48(41)29-35)52-50(54-51)42-21-11-16-31-12-3-5-17-37(31)42/h1-30H. The van der Waals surface area contributed by atoms with Gasteiger partial charge in [-0.25, -0.2) is 15.0 Å². The molecule has 0 fully saturated rings. The van der Waals surface area contributed by atoms with Gasteiger partial charge in [-0.15, -0.1) is 11.3 Å². The normalized spacial score (nSPS) is 11.9. The first-order valence-corrected chi connectivity index (χ1v) is 19.7. The van der Waals surface area contributed by atoms with Gasteiger partial charge < -0.3 is 4.57 Å². The summed E-state index contributed by atoms with van der Waals surface area (Å²) in [7, 11) is 0. The van der Waals surface area contributed by atoms with Gasteiger partial charge in [0.25, 0.3) is 0 Å². The van der Waals surface area contributed by atoms with Crippen LogP contribution in [0.3, 0.4) is 0 Å². The minimum absolute atomic E-state index is 0.638. The van der Waals surface area contributed by atoms with Gasteiger partial charge in [-0.05, 0) is 74.8 Å². The highest BCUT2D eigenvalue weighted by Crippen LogP contribution is 2.40. The van der Waals surface area contributed by atoms with Gasteiger partial charge in [-0.3, -0.25) is 0 Å². The smallest absolute Gasteiger partial charge is 0.164 e. The molecule has 9 aromatic carbocycles. The fourth-order valence-electron chi connectivity index (χ4n) is 8.57. The van der Waals surface area contributed by atoms with Gasteiger partial charge in [0.2, 0.25) is 0 Å². The predicted molar refractivity (Wildman–Crippen MR) is 236 cm³/mol. The summed E-state index contributed by atoms with van der Waals surface area (Å²) in [6.45, 7) is 0. The van der Waals surface area contributed by atoms with Crippen LogP contribution >= 0.6 is 11.3 Å². The molecule has 3 heterocycles. The highest BCUT2D eigenvalue weighted by Gasteiger charge is 2.20. The topological polar surface area (TPSA) is 43.6 Å². The Kier molecular flexibility index (Phi) is 6.76. The van der Waals surface area contributed by atoms with Crippen LogP contribution in [-0.2, 0) is 0 Å². The number of para-hydroxylation sites is 1. The first-order chi connectivity index (χ1) is 27.7. The number of nitrogens with zero attached hydrogens (tertiary/aromatic N) is 4. The molecular formula is C51H30N4S. The number of benzene rings is 9. The fourth-order valence-corrected chi connectivity index (χ4v) is 9.72. The van der Waals surface area contributed by atoms with Crippen LogP contribution in [0.4, 0.5) is 0 Å². The van der Waals surface area contributed by atoms with Crippen LogP contribution in [-0.4, -0.2) is 19.5 Å². The maximum atomic E-state index is 5.36. The number of aromatic nitrogens is 4. The van der Waals surface area contributed by atoms with Crippen LogP contribution in [0.2, 0.25) is 0 Å². The van der Waals surface area contributed by atoms with Crippen molar-refractivity contribution >= 4 is 85.6 Å². The number of fused-ring (bicyclic) bond motifs is 9. The molecule has 4 nitrogen and oxygen atoms in total. The molecule has 0 aliphatic carbocycles. The predicted octanol–water partition coefficient (Wildman–Crippen LogP) is 13.8. The highest BCUT2D eigenvalue weighted by atomic mass is 32.1. The van der Waals surface area contributed by atoms with Crippen molar-refractivity contribution in [2.24, 2.45) is 0 Å². The first-order valence-electron chi connectivity index (χ1n) is 18.8. The van der Waals surface area contributed by atoms with Crippen LogP contribution in [0.5, 0.6) is 0 Å². The van der Waals surface area contributed by atoms with Gasteiger partial charge >= 0.3 is 0 Å². The molecule has 12 aromatic rings. The summed E-state index contributed by atoms with van der Waals surface area (Å²) in [5, 5.41) is 11.9. The zero-order valence-electron chi connectivity index (χ0n) is 30.0. The summed E-state index contributed by atoms with van der Waals surface area (Å²) in [4.78, 5) is 16.0. The minimum atomic E-state index is 0.638. The lowest BCUT2D eigenvalue weighted by Gasteiger charge is -2.15. The Hall–Kier alpha value is -7.21. The Morgan fingerprint density at radius 3 is 1.79 bits per heavy atom. The lowest BCUT2D eigenvalue weighted by atomic mass is 10.0. The number of thiophene rings is 1. The summed E-state index contributed by atoms with van der Waals surface area (Å²) >= 11 is 1.80. The van der Waals surface area contributed by atoms with Crippen LogP contribution in [0.15, 0.2) is 182 Å². The third-order valence-corrected chi connectivity index (χ3v) is 12.3. The van der Waals surface area contributed by atoms with Crippen molar-refractivity contribution in [2.75, 3.05) is 0 Å². The summed E-state index contributed by atoms with van der Waals surface area (Å²) in [5.74, 6) is 1.94. The monoisotopic (exact) mass is 730 g/mol. The van der Waals surface area contributed by atoms with E-state index in [0.29, 0.717) is 17.5 Å². The van der Waals surface area contributed by atoms with Crippen molar-refractivity contribution in [1.29, 1.82) is 0 Å². The molecule has 0 unspecified atom stereocenters. The zero-order chi connectivity index (χ0) is 36.7. The molecule has 0 amide bonds. The van der Waals surface area contributed by atoms with E-state index in [4.69, 9.17) is 15.0 Å². The second kappa shape index (κ2) is 12.2. The quantitative estimate of drug-likeness (QED) is 0.181. The molecule has 5 heteroatoms. The second-order valence-electron chi connectivity index (χ2n) is 14.4. The van der Waals surface area contributed by atoms with Crippen LogP contribution < -0.4 is 0 Å². The Bertz CT molecular complexity index is 3550. The van der Waals surface area contributed by atoms with Gasteiger partial charge in [-0.1, -0.05) is 140 Å². The lowest BCUT2D eigenvalue weighted by molar-refractivity contribution is 1.08. The Balaban J connectivity index is 1.14. The van der Waals surface area contributed by atoms with Gasteiger partial charge in [-0.2, -0.15) is 0 Å². The molecule has 0 radical (unpaired) electrons. The Labute approximate surface area is 325 Å². The van der Waals surface area contributed by atoms with E-state index in [1.54, 1.807) is 11.3 Å². The van der Waals surface area contributed by atoms with Crippen molar-refractivity contribution in [1.82, 2.24) is 19.5 Å². The summed E-state index contributed by atoms with van der Waals surface area (Å²) in [6.07, 6.45) is 0. The lowest BCUT2D eigenvalue weighted by Crippen LogP contribution is -2.02. The molecule has 3 aromatic heterocycles. The minimum Gasteiger partial charge on any atom is -0.309 e. The van der Waals surface area contributed by atoms with E-state index in [1.165, 1.54) is 41.7 Å². The molecule has 0 N–H and O–H groups in total. The van der Waals surface area contributed by atoms with E-state index in [0.717, 1.165) is 55.0 Å².